The predicted octanol–water partition coefficient (Wildman–Crippen LogP) is 3.62. The van der Waals surface area contributed by atoms with Gasteiger partial charge in [0.25, 0.3) is 0 Å². The minimum absolute atomic E-state index is 0.0290. The summed E-state index contributed by atoms with van der Waals surface area (Å²) in [5.41, 5.74) is 1.11. The predicted molar refractivity (Wildman–Crippen MR) is 70.6 cm³/mol. The quantitative estimate of drug-likeness (QED) is 0.843. The number of aromatic nitrogens is 1. The third-order valence-electron chi connectivity index (χ3n) is 2.47. The summed E-state index contributed by atoms with van der Waals surface area (Å²) in [6.07, 6.45) is 0. The number of carboxylic acids is 1. The molecule has 0 aliphatic carbocycles. The van der Waals surface area contributed by atoms with Gasteiger partial charge in [0.1, 0.15) is 16.8 Å². The van der Waals surface area contributed by atoms with Crippen molar-refractivity contribution in [3.63, 3.8) is 0 Å². The number of nitrogens with one attached hydrogen (secondary N) is 1. The van der Waals surface area contributed by atoms with Crippen molar-refractivity contribution in [2.45, 2.75) is 6.92 Å². The topological polar surface area (TPSA) is 62.2 Å². The molecule has 19 heavy (non-hydrogen) atoms. The van der Waals surface area contributed by atoms with Gasteiger partial charge in [-0.05, 0) is 42.8 Å². The number of pyridine rings is 1. The molecule has 0 atom stereocenters. The summed E-state index contributed by atoms with van der Waals surface area (Å²) in [6, 6.07) is 7.06. The maximum atomic E-state index is 13.1. The number of nitrogens with zero attached hydrogens (tertiary/aromatic N) is 1. The van der Waals surface area contributed by atoms with E-state index in [1.807, 2.05) is 0 Å². The van der Waals surface area contributed by atoms with Crippen molar-refractivity contribution in [3.05, 3.63) is 52.4 Å². The molecule has 4 nitrogen and oxygen atoms in total. The lowest BCUT2D eigenvalue weighted by Gasteiger charge is -2.08. The zero-order chi connectivity index (χ0) is 14.0. The van der Waals surface area contributed by atoms with Crippen LogP contribution in [0.5, 0.6) is 0 Å². The van der Waals surface area contributed by atoms with Gasteiger partial charge in [-0.2, -0.15) is 0 Å². The minimum atomic E-state index is -1.09. The lowest BCUT2D eigenvalue weighted by Crippen LogP contribution is -2.01. The molecule has 1 heterocycles. The van der Waals surface area contributed by atoms with E-state index in [9.17, 15) is 9.18 Å². The van der Waals surface area contributed by atoms with Crippen LogP contribution >= 0.6 is 11.6 Å². The van der Waals surface area contributed by atoms with Crippen LogP contribution in [0.4, 0.5) is 15.9 Å². The van der Waals surface area contributed by atoms with Crippen molar-refractivity contribution >= 4 is 29.1 Å². The van der Waals surface area contributed by atoms with Crippen LogP contribution < -0.4 is 5.32 Å². The lowest BCUT2D eigenvalue weighted by atomic mass is 10.2. The first-order valence-corrected chi connectivity index (χ1v) is 5.77. The molecular formula is C13H10ClFN2O2. The van der Waals surface area contributed by atoms with E-state index in [2.05, 4.69) is 10.3 Å². The molecule has 2 rings (SSSR count). The van der Waals surface area contributed by atoms with Crippen molar-refractivity contribution < 1.29 is 14.3 Å². The second-order valence-electron chi connectivity index (χ2n) is 3.96. The van der Waals surface area contributed by atoms with Crippen molar-refractivity contribution in [2.24, 2.45) is 0 Å². The first-order valence-electron chi connectivity index (χ1n) is 5.40. The zero-order valence-corrected chi connectivity index (χ0v) is 10.7. The van der Waals surface area contributed by atoms with Gasteiger partial charge in [0.05, 0.1) is 5.56 Å². The Morgan fingerprint density at radius 3 is 2.74 bits per heavy atom. The number of hydrogen-bond acceptors (Lipinski definition) is 3. The zero-order valence-electron chi connectivity index (χ0n) is 9.95. The summed E-state index contributed by atoms with van der Waals surface area (Å²) in [5, 5.41) is 11.9. The SMILES string of the molecule is Cc1cc(Nc2cc(C(=O)O)cc(Cl)n2)ccc1F. The summed E-state index contributed by atoms with van der Waals surface area (Å²) in [5.74, 6) is -1.12. The molecule has 0 spiro atoms. The third-order valence-corrected chi connectivity index (χ3v) is 2.67. The maximum Gasteiger partial charge on any atom is 0.335 e. The Labute approximate surface area is 113 Å². The van der Waals surface area contributed by atoms with E-state index in [-0.39, 0.29) is 22.4 Å². The fourth-order valence-electron chi connectivity index (χ4n) is 1.55. The number of aromatic carboxylic acids is 1. The lowest BCUT2D eigenvalue weighted by molar-refractivity contribution is 0.0697. The van der Waals surface area contributed by atoms with Crippen molar-refractivity contribution in [3.8, 4) is 0 Å². The van der Waals surface area contributed by atoms with Gasteiger partial charge in [-0.25, -0.2) is 14.2 Å². The number of rotatable bonds is 3. The van der Waals surface area contributed by atoms with Gasteiger partial charge >= 0.3 is 5.97 Å². The van der Waals surface area contributed by atoms with Crippen LogP contribution in [0.2, 0.25) is 5.15 Å². The molecule has 0 aliphatic rings. The number of benzene rings is 1. The van der Waals surface area contributed by atoms with Gasteiger partial charge in [0.2, 0.25) is 0 Å². The molecule has 6 heteroatoms. The summed E-state index contributed by atoms with van der Waals surface area (Å²) < 4.78 is 13.1. The van der Waals surface area contributed by atoms with E-state index < -0.39 is 5.97 Å². The molecule has 0 radical (unpaired) electrons. The third kappa shape index (κ3) is 3.20. The number of aryl methyl sites for hydroxylation is 1. The molecule has 98 valence electrons. The Morgan fingerprint density at radius 2 is 2.11 bits per heavy atom. The normalized spacial score (nSPS) is 10.3. The van der Waals surface area contributed by atoms with E-state index in [1.54, 1.807) is 13.0 Å². The average Bonchev–Trinajstić information content (AvgIpc) is 2.33. The van der Waals surface area contributed by atoms with Crippen LogP contribution in [-0.2, 0) is 0 Å². The molecule has 0 bridgehead atoms. The van der Waals surface area contributed by atoms with E-state index in [0.29, 0.717) is 11.3 Å². The highest BCUT2D eigenvalue weighted by Gasteiger charge is 2.08. The smallest absolute Gasteiger partial charge is 0.335 e. The van der Waals surface area contributed by atoms with Gasteiger partial charge in [-0.3, -0.25) is 0 Å². The maximum absolute atomic E-state index is 13.1. The molecule has 0 amide bonds. The van der Waals surface area contributed by atoms with Gasteiger partial charge in [0, 0.05) is 5.69 Å². The molecule has 0 fully saturated rings. The molecule has 0 saturated heterocycles. The number of carboxylic acid groups (broad SMARTS) is 1. The first kappa shape index (κ1) is 13.3. The Balaban J connectivity index is 2.32. The van der Waals surface area contributed by atoms with Crippen LogP contribution in [0.25, 0.3) is 0 Å². The van der Waals surface area contributed by atoms with Crippen LogP contribution in [0, 0.1) is 12.7 Å². The molecule has 2 aromatic rings. The second-order valence-corrected chi connectivity index (χ2v) is 4.35. The molecular weight excluding hydrogens is 271 g/mol. The number of hydrogen-bond donors (Lipinski definition) is 2. The standard InChI is InChI=1S/C13H10ClFN2O2/c1-7-4-9(2-3-10(7)15)16-12-6-8(13(18)19)5-11(14)17-12/h2-6H,1H3,(H,16,17)(H,18,19). The Bertz CT molecular complexity index is 647. The van der Waals surface area contributed by atoms with E-state index in [4.69, 9.17) is 16.7 Å². The molecule has 1 aromatic heterocycles. The fraction of sp³-hybridized carbons (Fsp3) is 0.0769. The van der Waals surface area contributed by atoms with E-state index in [0.717, 1.165) is 0 Å². The summed E-state index contributed by atoms with van der Waals surface area (Å²) >= 11 is 5.74. The number of anilines is 2. The van der Waals surface area contributed by atoms with Gasteiger partial charge in [-0.1, -0.05) is 11.6 Å². The highest BCUT2D eigenvalue weighted by molar-refractivity contribution is 6.29. The van der Waals surface area contributed by atoms with Crippen molar-refractivity contribution in [2.75, 3.05) is 5.32 Å². The van der Waals surface area contributed by atoms with Gasteiger partial charge in [0.15, 0.2) is 0 Å². The van der Waals surface area contributed by atoms with Crippen LogP contribution in [0.1, 0.15) is 15.9 Å². The average molecular weight is 281 g/mol. The summed E-state index contributed by atoms with van der Waals surface area (Å²) in [4.78, 5) is 14.9. The highest BCUT2D eigenvalue weighted by atomic mass is 35.5. The van der Waals surface area contributed by atoms with E-state index in [1.165, 1.54) is 24.3 Å². The Hall–Kier alpha value is -2.14. The Kier molecular flexibility index (Phi) is 3.66. The second kappa shape index (κ2) is 5.24. The van der Waals surface area contributed by atoms with Gasteiger partial charge in [-0.15, -0.1) is 0 Å². The summed E-state index contributed by atoms with van der Waals surface area (Å²) in [6.45, 7) is 1.63. The Morgan fingerprint density at radius 1 is 1.37 bits per heavy atom. The first-order chi connectivity index (χ1) is 8.95. The number of halogens is 2. The van der Waals surface area contributed by atoms with Gasteiger partial charge < -0.3 is 10.4 Å². The fourth-order valence-corrected chi connectivity index (χ4v) is 1.76. The van der Waals surface area contributed by atoms with Crippen LogP contribution in [0.3, 0.4) is 0 Å². The largest absolute Gasteiger partial charge is 0.478 e. The molecule has 1 aromatic carbocycles. The molecule has 0 aliphatic heterocycles. The number of carbonyl (C=O) groups is 1. The molecule has 0 unspecified atom stereocenters. The van der Waals surface area contributed by atoms with Crippen molar-refractivity contribution in [1.29, 1.82) is 0 Å². The van der Waals surface area contributed by atoms with Crippen molar-refractivity contribution in [1.82, 2.24) is 4.98 Å². The molecule has 0 saturated carbocycles. The summed E-state index contributed by atoms with van der Waals surface area (Å²) in [7, 11) is 0. The highest BCUT2D eigenvalue weighted by Crippen LogP contribution is 2.21. The van der Waals surface area contributed by atoms with E-state index >= 15 is 0 Å². The van der Waals surface area contributed by atoms with Crippen LogP contribution in [0.15, 0.2) is 30.3 Å². The minimum Gasteiger partial charge on any atom is -0.478 e. The molecule has 2 N–H and O–H groups in total. The monoisotopic (exact) mass is 280 g/mol. The van der Waals surface area contributed by atoms with Crippen LogP contribution in [-0.4, -0.2) is 16.1 Å².